The Labute approximate surface area is 86.9 Å². The number of rotatable bonds is 2. The summed E-state index contributed by atoms with van der Waals surface area (Å²) in [5.74, 6) is -8.86. The van der Waals surface area contributed by atoms with Gasteiger partial charge in [0.1, 0.15) is 11.1 Å². The van der Waals surface area contributed by atoms with Crippen molar-refractivity contribution in [3.63, 3.8) is 0 Å². The molecule has 0 atom stereocenters. The highest BCUT2D eigenvalue weighted by Gasteiger charge is 2.31. The van der Waals surface area contributed by atoms with Gasteiger partial charge in [0, 0.05) is 0 Å². The Morgan fingerprint density at radius 1 is 0.688 bits per heavy atom. The molecule has 1 rings (SSSR count). The van der Waals surface area contributed by atoms with E-state index < -0.39 is 46.1 Å². The average Bonchev–Trinajstić information content (AvgIpc) is 2.13. The summed E-state index contributed by atoms with van der Waals surface area (Å²) in [6.45, 7) is 0. The van der Waals surface area contributed by atoms with Crippen LogP contribution in [-0.4, -0.2) is 11.7 Å². The third kappa shape index (κ3) is 1.58. The van der Waals surface area contributed by atoms with E-state index in [1.54, 1.807) is 0 Å². The molecule has 16 heavy (non-hydrogen) atoms. The molecule has 0 aliphatic heterocycles. The lowest BCUT2D eigenvalue weighted by Gasteiger charge is -2.05. The van der Waals surface area contributed by atoms with Crippen LogP contribution in [0.15, 0.2) is 0 Å². The molecule has 0 saturated heterocycles. The number of nitrogens with two attached hydrogens (primary N) is 4. The van der Waals surface area contributed by atoms with E-state index >= 15 is 0 Å². The lowest BCUT2D eigenvalue weighted by molar-refractivity contribution is -0.114. The third-order valence-electron chi connectivity index (χ3n) is 1.84. The Balaban J connectivity index is 3.80. The maximum atomic E-state index is 13.5. The molecule has 86 valence electrons. The number of hydrogen-bond donors (Lipinski definition) is 4. The normalized spacial score (nSPS) is 10.2. The smallest absolute Gasteiger partial charge is 0.276 e. The number of amidine groups is 2. The number of hydrogen-bond acceptors (Lipinski definition) is 0. The van der Waals surface area contributed by atoms with E-state index in [4.69, 9.17) is 22.3 Å². The summed E-state index contributed by atoms with van der Waals surface area (Å²) in [5.41, 5.74) is 7.69. The first kappa shape index (κ1) is 12.0. The van der Waals surface area contributed by atoms with Gasteiger partial charge in [-0.25, -0.2) is 17.6 Å². The third-order valence-corrected chi connectivity index (χ3v) is 1.84. The summed E-state index contributed by atoms with van der Waals surface area (Å²) < 4.78 is 52.6. The van der Waals surface area contributed by atoms with Gasteiger partial charge in [-0.05, 0) is 0 Å². The van der Waals surface area contributed by atoms with Crippen molar-refractivity contribution in [3.05, 3.63) is 34.4 Å². The molecule has 0 heterocycles. The highest BCUT2D eigenvalue weighted by atomic mass is 19.2. The molecule has 0 spiro atoms. The van der Waals surface area contributed by atoms with Crippen molar-refractivity contribution in [3.8, 4) is 0 Å². The van der Waals surface area contributed by atoms with Gasteiger partial charge < -0.3 is 0 Å². The van der Waals surface area contributed by atoms with Gasteiger partial charge in [0.15, 0.2) is 23.3 Å². The van der Waals surface area contributed by atoms with E-state index in [9.17, 15) is 17.6 Å². The zero-order chi connectivity index (χ0) is 12.6. The largest absolute Gasteiger partial charge is 0.287 e. The molecule has 0 aromatic heterocycles. The van der Waals surface area contributed by atoms with Crippen LogP contribution in [0.2, 0.25) is 0 Å². The van der Waals surface area contributed by atoms with Crippen molar-refractivity contribution >= 4 is 11.7 Å². The van der Waals surface area contributed by atoms with Gasteiger partial charge in [0.2, 0.25) is 0 Å². The zero-order valence-corrected chi connectivity index (χ0v) is 7.82. The predicted molar refractivity (Wildman–Crippen MR) is 46.7 cm³/mol. The maximum Gasteiger partial charge on any atom is 0.276 e. The van der Waals surface area contributed by atoms with Gasteiger partial charge in [0.25, 0.3) is 11.7 Å². The minimum Gasteiger partial charge on any atom is -0.287 e. The number of benzene rings is 1. The fourth-order valence-electron chi connectivity index (χ4n) is 1.14. The average molecular weight is 236 g/mol. The van der Waals surface area contributed by atoms with Crippen LogP contribution in [0.4, 0.5) is 17.6 Å². The van der Waals surface area contributed by atoms with Gasteiger partial charge in [-0.2, -0.15) is 0 Å². The van der Waals surface area contributed by atoms with Crippen LogP contribution < -0.4 is 22.3 Å². The second-order valence-corrected chi connectivity index (χ2v) is 2.92. The Morgan fingerprint density at radius 2 is 1.00 bits per heavy atom. The summed E-state index contributed by atoms with van der Waals surface area (Å²) >= 11 is 0. The Hall–Kier alpha value is -2.12. The van der Waals surface area contributed by atoms with E-state index in [-0.39, 0.29) is 0 Å². The first-order valence-corrected chi connectivity index (χ1v) is 3.91. The molecule has 0 unspecified atom stereocenters. The van der Waals surface area contributed by atoms with Gasteiger partial charge in [0.05, 0.1) is 0 Å². The van der Waals surface area contributed by atoms with Gasteiger partial charge >= 0.3 is 0 Å². The molecule has 0 amide bonds. The van der Waals surface area contributed by atoms with Crippen molar-refractivity contribution in [2.24, 2.45) is 11.5 Å². The zero-order valence-electron chi connectivity index (χ0n) is 7.82. The van der Waals surface area contributed by atoms with Crippen LogP contribution in [0, 0.1) is 23.3 Å². The van der Waals surface area contributed by atoms with Crippen molar-refractivity contribution in [2.45, 2.75) is 0 Å². The molecule has 8 N–H and O–H groups in total. The van der Waals surface area contributed by atoms with Crippen LogP contribution in [0.3, 0.4) is 0 Å². The second kappa shape index (κ2) is 3.80. The van der Waals surface area contributed by atoms with Crippen molar-refractivity contribution < 1.29 is 28.4 Å². The summed E-state index contributed by atoms with van der Waals surface area (Å²) in [6.07, 6.45) is 0. The maximum absolute atomic E-state index is 13.5. The van der Waals surface area contributed by atoms with Crippen LogP contribution >= 0.6 is 0 Å². The van der Waals surface area contributed by atoms with Crippen LogP contribution in [-0.2, 0) is 0 Å². The van der Waals surface area contributed by atoms with Crippen LogP contribution in [0.5, 0.6) is 0 Å². The molecular weight excluding hydrogens is 228 g/mol. The fourth-order valence-corrected chi connectivity index (χ4v) is 1.14. The van der Waals surface area contributed by atoms with E-state index in [0.29, 0.717) is 0 Å². The molecule has 8 heteroatoms. The van der Waals surface area contributed by atoms with Crippen molar-refractivity contribution in [2.75, 3.05) is 0 Å². The molecule has 0 aliphatic rings. The molecule has 0 fully saturated rings. The predicted octanol–water partition coefficient (Wildman–Crippen LogP) is -2.83. The topological polar surface area (TPSA) is 103 Å². The van der Waals surface area contributed by atoms with E-state index in [1.807, 2.05) is 0 Å². The van der Waals surface area contributed by atoms with Crippen LogP contribution in [0.25, 0.3) is 0 Å². The van der Waals surface area contributed by atoms with E-state index in [1.165, 1.54) is 0 Å². The Morgan fingerprint density at radius 3 is 1.25 bits per heavy atom. The van der Waals surface area contributed by atoms with Crippen LogP contribution in [0.1, 0.15) is 11.1 Å². The van der Waals surface area contributed by atoms with Gasteiger partial charge in [-0.1, -0.05) is 0 Å². The molecule has 0 bridgehead atoms. The van der Waals surface area contributed by atoms with Crippen molar-refractivity contribution in [1.29, 1.82) is 0 Å². The minimum atomic E-state index is -1.95. The Bertz CT molecular complexity index is 456. The molecular formula is C8H8F4N4+2. The lowest BCUT2D eigenvalue weighted by atomic mass is 10.1. The highest BCUT2D eigenvalue weighted by Crippen LogP contribution is 2.22. The molecule has 0 aliphatic carbocycles. The summed E-state index contributed by atoms with van der Waals surface area (Å²) in [5, 5.41) is 9.88. The van der Waals surface area contributed by atoms with Gasteiger partial charge in [-0.3, -0.25) is 22.3 Å². The second-order valence-electron chi connectivity index (χ2n) is 2.92. The standard InChI is InChI=1S/C8H6F4N4/c9-3-1(7(13)14)4(10)6(12)5(11)2(3)8(15)16/h(H3,13,14)(H3,15,16)/p+2. The quantitative estimate of drug-likeness (QED) is 0.146. The SMILES string of the molecule is NC(=[NH2+])c1c(F)c(F)c(F)c(C(N)=[NH2+])c1F. The minimum absolute atomic E-state index is 0.851. The molecule has 0 saturated carbocycles. The highest BCUT2D eigenvalue weighted by molar-refractivity contribution is 5.99. The van der Waals surface area contributed by atoms with E-state index in [2.05, 4.69) is 0 Å². The van der Waals surface area contributed by atoms with Crippen molar-refractivity contribution in [1.82, 2.24) is 0 Å². The fraction of sp³-hybridized carbons (Fsp3) is 0. The first-order valence-electron chi connectivity index (χ1n) is 3.91. The lowest BCUT2D eigenvalue weighted by Crippen LogP contribution is -2.50. The summed E-state index contributed by atoms with van der Waals surface area (Å²) in [7, 11) is 0. The van der Waals surface area contributed by atoms with Gasteiger partial charge in [-0.15, -0.1) is 0 Å². The number of halogens is 4. The molecule has 4 nitrogen and oxygen atoms in total. The van der Waals surface area contributed by atoms with E-state index in [0.717, 1.165) is 0 Å². The summed E-state index contributed by atoms with van der Waals surface area (Å²) in [4.78, 5) is 0. The monoisotopic (exact) mass is 236 g/mol. The molecule has 0 radical (unpaired) electrons. The summed E-state index contributed by atoms with van der Waals surface area (Å²) in [6, 6.07) is 0. The Kier molecular flexibility index (Phi) is 2.84. The molecule has 1 aromatic rings. The first-order chi connectivity index (χ1) is 7.29. The molecule has 1 aromatic carbocycles.